The zero-order valence-electron chi connectivity index (χ0n) is 7.92. The Labute approximate surface area is 78.8 Å². The van der Waals surface area contributed by atoms with Gasteiger partial charge in [0.25, 0.3) is 0 Å². The molecule has 0 bridgehead atoms. The molecule has 74 valence electrons. The normalized spacial score (nSPS) is 45.7. The average Bonchev–Trinajstić information content (AvgIpc) is 2.89. The molecule has 2 aliphatic heterocycles. The van der Waals surface area contributed by atoms with Crippen LogP contribution in [0.15, 0.2) is 0 Å². The second kappa shape index (κ2) is 2.94. The Morgan fingerprint density at radius 2 is 2.15 bits per heavy atom. The summed E-state index contributed by atoms with van der Waals surface area (Å²) in [5, 5.41) is 3.61. The zero-order valence-corrected chi connectivity index (χ0v) is 7.92. The summed E-state index contributed by atoms with van der Waals surface area (Å²) in [5.41, 5.74) is 0.0411. The lowest BCUT2D eigenvalue weighted by Crippen LogP contribution is -2.59. The lowest BCUT2D eigenvalue weighted by Gasteiger charge is -2.41. The molecule has 1 N–H and O–H groups in total. The first-order chi connectivity index (χ1) is 6.41. The number of hydrogen-bond acceptors (Lipinski definition) is 3. The summed E-state index contributed by atoms with van der Waals surface area (Å²) in [7, 11) is 0. The fourth-order valence-electron chi connectivity index (χ4n) is 2.69. The van der Waals surface area contributed by atoms with Crippen molar-refractivity contribution >= 4 is 0 Å². The van der Waals surface area contributed by atoms with E-state index in [0.29, 0.717) is 6.04 Å². The maximum Gasteiger partial charge on any atom is 0.109 e. The van der Waals surface area contributed by atoms with Crippen LogP contribution in [0.4, 0.5) is 0 Å². The van der Waals surface area contributed by atoms with E-state index in [1.54, 1.807) is 0 Å². The van der Waals surface area contributed by atoms with Crippen molar-refractivity contribution < 1.29 is 9.47 Å². The molecule has 1 saturated carbocycles. The quantitative estimate of drug-likeness (QED) is 0.643. The van der Waals surface area contributed by atoms with Crippen molar-refractivity contribution in [2.45, 2.75) is 30.9 Å². The summed E-state index contributed by atoms with van der Waals surface area (Å²) >= 11 is 0. The molecule has 1 aliphatic carbocycles. The van der Waals surface area contributed by atoms with E-state index in [9.17, 15) is 0 Å². The Kier molecular flexibility index (Phi) is 1.86. The van der Waals surface area contributed by atoms with Gasteiger partial charge in [-0.05, 0) is 18.8 Å². The predicted octanol–water partition coefficient (Wildman–Crippen LogP) is 0.544. The molecule has 0 aromatic heterocycles. The molecule has 0 amide bonds. The second-order valence-electron chi connectivity index (χ2n) is 4.49. The van der Waals surface area contributed by atoms with Gasteiger partial charge in [0.1, 0.15) is 5.60 Å². The van der Waals surface area contributed by atoms with Crippen LogP contribution < -0.4 is 5.32 Å². The number of hydrogen-bond donors (Lipinski definition) is 1. The van der Waals surface area contributed by atoms with Crippen LogP contribution in [0.25, 0.3) is 0 Å². The Hall–Kier alpha value is -0.120. The highest BCUT2D eigenvalue weighted by Gasteiger charge is 2.51. The van der Waals surface area contributed by atoms with Crippen LogP contribution in [0.3, 0.4) is 0 Å². The van der Waals surface area contributed by atoms with Crippen molar-refractivity contribution in [3.05, 3.63) is 0 Å². The Bertz CT molecular complexity index is 197. The van der Waals surface area contributed by atoms with Gasteiger partial charge in [-0.2, -0.15) is 0 Å². The Morgan fingerprint density at radius 1 is 1.23 bits per heavy atom. The van der Waals surface area contributed by atoms with Crippen LogP contribution in [0.1, 0.15) is 19.3 Å². The van der Waals surface area contributed by atoms with Crippen LogP contribution >= 0.6 is 0 Å². The molecule has 0 aromatic rings. The second-order valence-corrected chi connectivity index (χ2v) is 4.49. The van der Waals surface area contributed by atoms with Crippen LogP contribution in [0.2, 0.25) is 0 Å². The van der Waals surface area contributed by atoms with Gasteiger partial charge < -0.3 is 14.8 Å². The Balaban J connectivity index is 1.79. The molecular weight excluding hydrogens is 166 g/mol. The van der Waals surface area contributed by atoms with Gasteiger partial charge in [-0.15, -0.1) is 0 Å². The molecule has 13 heavy (non-hydrogen) atoms. The monoisotopic (exact) mass is 183 g/mol. The molecule has 3 aliphatic rings. The van der Waals surface area contributed by atoms with Gasteiger partial charge in [-0.1, -0.05) is 0 Å². The fourth-order valence-corrected chi connectivity index (χ4v) is 2.69. The van der Waals surface area contributed by atoms with E-state index in [1.165, 1.54) is 12.8 Å². The van der Waals surface area contributed by atoms with E-state index in [-0.39, 0.29) is 5.60 Å². The summed E-state index contributed by atoms with van der Waals surface area (Å²) in [6, 6.07) is 0.573. The molecule has 2 atom stereocenters. The SMILES string of the molecule is C1COC2(CCOC2)C(C2CC2)N1. The van der Waals surface area contributed by atoms with Crippen LogP contribution in [-0.2, 0) is 9.47 Å². The largest absolute Gasteiger partial charge is 0.378 e. The first-order valence-corrected chi connectivity index (χ1v) is 5.36. The topological polar surface area (TPSA) is 30.5 Å². The number of morpholine rings is 1. The highest BCUT2D eigenvalue weighted by atomic mass is 16.6. The minimum Gasteiger partial charge on any atom is -0.378 e. The van der Waals surface area contributed by atoms with Crippen molar-refractivity contribution in [3.63, 3.8) is 0 Å². The lowest BCUT2D eigenvalue weighted by atomic mass is 9.88. The van der Waals surface area contributed by atoms with E-state index < -0.39 is 0 Å². The summed E-state index contributed by atoms with van der Waals surface area (Å²) in [4.78, 5) is 0. The predicted molar refractivity (Wildman–Crippen MR) is 48.6 cm³/mol. The first-order valence-electron chi connectivity index (χ1n) is 5.36. The molecule has 3 rings (SSSR count). The van der Waals surface area contributed by atoms with Gasteiger partial charge in [0.15, 0.2) is 0 Å². The van der Waals surface area contributed by atoms with Gasteiger partial charge in [0, 0.05) is 25.6 Å². The van der Waals surface area contributed by atoms with Crippen molar-refractivity contribution in [2.24, 2.45) is 5.92 Å². The minimum absolute atomic E-state index is 0.0411. The molecule has 3 nitrogen and oxygen atoms in total. The zero-order chi connectivity index (χ0) is 8.73. The van der Waals surface area contributed by atoms with Crippen molar-refractivity contribution in [1.29, 1.82) is 0 Å². The standard InChI is InChI=1S/C10H17NO2/c1-2-8(1)9-10(3-5-12-7-10)13-6-4-11-9/h8-9,11H,1-7H2. The number of rotatable bonds is 1. The number of nitrogens with one attached hydrogen (secondary N) is 1. The van der Waals surface area contributed by atoms with Crippen LogP contribution in [0.5, 0.6) is 0 Å². The molecular formula is C10H17NO2. The van der Waals surface area contributed by atoms with E-state index in [2.05, 4.69) is 5.32 Å². The molecule has 2 heterocycles. The molecule has 2 unspecified atom stereocenters. The van der Waals surface area contributed by atoms with Crippen molar-refractivity contribution in [2.75, 3.05) is 26.4 Å². The highest BCUT2D eigenvalue weighted by molar-refractivity contribution is 5.05. The van der Waals surface area contributed by atoms with Gasteiger partial charge in [-0.3, -0.25) is 0 Å². The smallest absolute Gasteiger partial charge is 0.109 e. The van der Waals surface area contributed by atoms with E-state index >= 15 is 0 Å². The highest BCUT2D eigenvalue weighted by Crippen LogP contribution is 2.42. The Morgan fingerprint density at radius 3 is 2.85 bits per heavy atom. The summed E-state index contributed by atoms with van der Waals surface area (Å²) in [5.74, 6) is 0.863. The summed E-state index contributed by atoms with van der Waals surface area (Å²) in [6.45, 7) is 3.56. The molecule has 2 saturated heterocycles. The van der Waals surface area contributed by atoms with Gasteiger partial charge in [0.05, 0.1) is 13.2 Å². The third-order valence-corrected chi connectivity index (χ3v) is 3.53. The number of ether oxygens (including phenoxy) is 2. The summed E-state index contributed by atoms with van der Waals surface area (Å²) in [6.07, 6.45) is 3.84. The van der Waals surface area contributed by atoms with Gasteiger partial charge in [-0.25, -0.2) is 0 Å². The molecule has 1 spiro atoms. The van der Waals surface area contributed by atoms with E-state index in [0.717, 1.165) is 38.7 Å². The van der Waals surface area contributed by atoms with Crippen molar-refractivity contribution in [1.82, 2.24) is 5.32 Å². The van der Waals surface area contributed by atoms with Gasteiger partial charge >= 0.3 is 0 Å². The third-order valence-electron chi connectivity index (χ3n) is 3.53. The minimum atomic E-state index is 0.0411. The average molecular weight is 183 g/mol. The van der Waals surface area contributed by atoms with Crippen LogP contribution in [-0.4, -0.2) is 38.0 Å². The first kappa shape index (κ1) is 8.21. The fraction of sp³-hybridized carbons (Fsp3) is 1.00. The third kappa shape index (κ3) is 1.30. The molecule has 3 fully saturated rings. The maximum atomic E-state index is 5.95. The molecule has 0 aromatic carbocycles. The molecule has 0 radical (unpaired) electrons. The summed E-state index contributed by atoms with van der Waals surface area (Å²) < 4.78 is 11.4. The van der Waals surface area contributed by atoms with E-state index in [1.807, 2.05) is 0 Å². The van der Waals surface area contributed by atoms with Gasteiger partial charge in [0.2, 0.25) is 0 Å². The maximum absolute atomic E-state index is 5.95. The van der Waals surface area contributed by atoms with Crippen molar-refractivity contribution in [3.8, 4) is 0 Å². The molecule has 3 heteroatoms. The lowest BCUT2D eigenvalue weighted by molar-refractivity contribution is -0.102. The van der Waals surface area contributed by atoms with Crippen LogP contribution in [0, 0.1) is 5.92 Å². The van der Waals surface area contributed by atoms with E-state index in [4.69, 9.17) is 9.47 Å².